The summed E-state index contributed by atoms with van der Waals surface area (Å²) in [6, 6.07) is 0. The average Bonchev–Trinajstić information content (AvgIpc) is 3.12. The molecule has 0 bridgehead atoms. The van der Waals surface area contributed by atoms with Gasteiger partial charge in [0.2, 0.25) is 0 Å². The van der Waals surface area contributed by atoms with Gasteiger partial charge in [0.1, 0.15) is 0 Å². The van der Waals surface area contributed by atoms with Crippen LogP contribution in [-0.2, 0) is 4.74 Å². The molecule has 0 amide bonds. The predicted molar refractivity (Wildman–Crippen MR) is 74.9 cm³/mol. The van der Waals surface area contributed by atoms with Gasteiger partial charge in [-0.1, -0.05) is 6.42 Å². The Kier molecular flexibility index (Phi) is 4.87. The van der Waals surface area contributed by atoms with Gasteiger partial charge in [0.25, 0.3) is 0 Å². The lowest BCUT2D eigenvalue weighted by Crippen LogP contribution is -2.41. The second-order valence-electron chi connectivity index (χ2n) is 5.60. The van der Waals surface area contributed by atoms with Crippen LogP contribution in [0.1, 0.15) is 39.0 Å². The van der Waals surface area contributed by atoms with Crippen molar-refractivity contribution in [2.75, 3.05) is 33.4 Å². The molecule has 0 saturated heterocycles. The van der Waals surface area contributed by atoms with Crippen LogP contribution in [0.3, 0.4) is 0 Å². The van der Waals surface area contributed by atoms with E-state index in [-0.39, 0.29) is 0 Å². The molecule has 2 aliphatic carbocycles. The minimum absolute atomic E-state index is 0.559. The molecule has 0 aromatic rings. The summed E-state index contributed by atoms with van der Waals surface area (Å²) >= 11 is 0. The molecule has 4 nitrogen and oxygen atoms in total. The maximum atomic E-state index is 5.05. The van der Waals surface area contributed by atoms with E-state index in [4.69, 9.17) is 9.73 Å². The fourth-order valence-corrected chi connectivity index (χ4v) is 2.87. The molecule has 0 unspecified atom stereocenters. The average molecular weight is 253 g/mol. The standard InChI is InChI=1S/C14H27N3O/c1-3-15-13(16-9-10-18-2)17-11-14(7-4-8-14)12-5-6-12/h12H,3-11H2,1-2H3,(H2,15,16,17). The second kappa shape index (κ2) is 6.41. The number of ether oxygens (including phenoxy) is 1. The van der Waals surface area contributed by atoms with Gasteiger partial charge >= 0.3 is 0 Å². The highest BCUT2D eigenvalue weighted by atomic mass is 16.5. The molecule has 2 fully saturated rings. The van der Waals surface area contributed by atoms with E-state index in [1.54, 1.807) is 7.11 Å². The summed E-state index contributed by atoms with van der Waals surface area (Å²) in [5.41, 5.74) is 0.559. The molecule has 2 aliphatic rings. The topological polar surface area (TPSA) is 45.7 Å². The molecule has 0 spiro atoms. The van der Waals surface area contributed by atoms with E-state index >= 15 is 0 Å². The molecular formula is C14H27N3O. The van der Waals surface area contributed by atoms with Crippen molar-refractivity contribution in [1.82, 2.24) is 10.6 Å². The van der Waals surface area contributed by atoms with Gasteiger partial charge < -0.3 is 15.4 Å². The molecule has 104 valence electrons. The first-order valence-electron chi connectivity index (χ1n) is 7.32. The van der Waals surface area contributed by atoms with E-state index in [0.29, 0.717) is 5.41 Å². The molecule has 4 heteroatoms. The molecule has 0 heterocycles. The molecule has 0 aromatic carbocycles. The summed E-state index contributed by atoms with van der Waals surface area (Å²) in [6.07, 6.45) is 7.04. The third-order valence-corrected chi connectivity index (χ3v) is 4.29. The molecule has 2 N–H and O–H groups in total. The molecule has 2 rings (SSSR count). The van der Waals surface area contributed by atoms with Crippen molar-refractivity contribution in [2.45, 2.75) is 39.0 Å². The van der Waals surface area contributed by atoms with Crippen molar-refractivity contribution in [1.29, 1.82) is 0 Å². The first-order valence-corrected chi connectivity index (χ1v) is 7.32. The van der Waals surface area contributed by atoms with Gasteiger partial charge in [0.15, 0.2) is 5.96 Å². The Balaban J connectivity index is 1.82. The highest BCUT2D eigenvalue weighted by molar-refractivity contribution is 5.79. The Bertz CT molecular complexity index is 283. The number of nitrogens with one attached hydrogen (secondary N) is 2. The molecule has 18 heavy (non-hydrogen) atoms. The van der Waals surface area contributed by atoms with E-state index in [2.05, 4.69) is 17.6 Å². The number of hydrogen-bond acceptors (Lipinski definition) is 2. The third kappa shape index (κ3) is 3.37. The van der Waals surface area contributed by atoms with Crippen LogP contribution in [0.25, 0.3) is 0 Å². The quantitative estimate of drug-likeness (QED) is 0.413. The summed E-state index contributed by atoms with van der Waals surface area (Å²) < 4.78 is 5.05. The lowest BCUT2D eigenvalue weighted by molar-refractivity contribution is 0.113. The van der Waals surface area contributed by atoms with Crippen LogP contribution in [-0.4, -0.2) is 39.3 Å². The molecule has 0 aromatic heterocycles. The largest absolute Gasteiger partial charge is 0.383 e. The molecule has 0 radical (unpaired) electrons. The van der Waals surface area contributed by atoms with Gasteiger partial charge in [-0.15, -0.1) is 0 Å². The molecule has 0 atom stereocenters. The van der Waals surface area contributed by atoms with Crippen molar-refractivity contribution in [3.8, 4) is 0 Å². The molecular weight excluding hydrogens is 226 g/mol. The SMILES string of the molecule is CCNC(=NCC1(C2CC2)CCC1)NCCOC. The monoisotopic (exact) mass is 253 g/mol. The number of nitrogens with zero attached hydrogens (tertiary/aromatic N) is 1. The summed E-state index contributed by atoms with van der Waals surface area (Å²) in [5.74, 6) is 1.92. The Morgan fingerprint density at radius 1 is 1.33 bits per heavy atom. The van der Waals surface area contributed by atoms with Crippen molar-refractivity contribution in [3.63, 3.8) is 0 Å². The normalized spacial score (nSPS) is 22.4. The highest BCUT2D eigenvalue weighted by Gasteiger charge is 2.48. The number of methoxy groups -OCH3 is 1. The fraction of sp³-hybridized carbons (Fsp3) is 0.929. The number of aliphatic imine (C=N–C) groups is 1. The smallest absolute Gasteiger partial charge is 0.191 e. The van der Waals surface area contributed by atoms with Crippen LogP contribution in [0, 0.1) is 11.3 Å². The van der Waals surface area contributed by atoms with Crippen LogP contribution in [0.15, 0.2) is 4.99 Å². The Morgan fingerprint density at radius 3 is 2.61 bits per heavy atom. The number of rotatable bonds is 7. The Morgan fingerprint density at radius 2 is 2.11 bits per heavy atom. The van der Waals surface area contributed by atoms with Gasteiger partial charge in [-0.25, -0.2) is 0 Å². The zero-order chi connectivity index (χ0) is 12.8. The number of guanidine groups is 1. The van der Waals surface area contributed by atoms with Crippen molar-refractivity contribution in [2.24, 2.45) is 16.3 Å². The molecule has 2 saturated carbocycles. The Labute approximate surface area is 111 Å². The summed E-state index contributed by atoms with van der Waals surface area (Å²) in [4.78, 5) is 4.78. The van der Waals surface area contributed by atoms with E-state index in [0.717, 1.165) is 38.1 Å². The van der Waals surface area contributed by atoms with Crippen LogP contribution in [0.2, 0.25) is 0 Å². The van der Waals surface area contributed by atoms with E-state index in [1.807, 2.05) is 0 Å². The van der Waals surface area contributed by atoms with Crippen molar-refractivity contribution >= 4 is 5.96 Å². The van der Waals surface area contributed by atoms with Crippen LogP contribution >= 0.6 is 0 Å². The van der Waals surface area contributed by atoms with Gasteiger partial charge in [-0.2, -0.15) is 0 Å². The van der Waals surface area contributed by atoms with Gasteiger partial charge in [0.05, 0.1) is 6.61 Å². The zero-order valence-electron chi connectivity index (χ0n) is 11.8. The van der Waals surface area contributed by atoms with Crippen LogP contribution in [0.5, 0.6) is 0 Å². The van der Waals surface area contributed by atoms with E-state index in [9.17, 15) is 0 Å². The van der Waals surface area contributed by atoms with Gasteiger partial charge in [0, 0.05) is 26.7 Å². The highest BCUT2D eigenvalue weighted by Crippen LogP contribution is 2.57. The van der Waals surface area contributed by atoms with Crippen molar-refractivity contribution in [3.05, 3.63) is 0 Å². The van der Waals surface area contributed by atoms with E-state index in [1.165, 1.54) is 32.1 Å². The first kappa shape index (κ1) is 13.7. The summed E-state index contributed by atoms with van der Waals surface area (Å²) in [5, 5.41) is 6.62. The zero-order valence-corrected chi connectivity index (χ0v) is 11.8. The molecule has 0 aliphatic heterocycles. The lowest BCUT2D eigenvalue weighted by Gasteiger charge is -2.41. The van der Waals surface area contributed by atoms with Gasteiger partial charge in [-0.05, 0) is 43.9 Å². The number of hydrogen-bond donors (Lipinski definition) is 2. The van der Waals surface area contributed by atoms with Crippen LogP contribution in [0.4, 0.5) is 0 Å². The maximum Gasteiger partial charge on any atom is 0.191 e. The van der Waals surface area contributed by atoms with Crippen LogP contribution < -0.4 is 10.6 Å². The first-order chi connectivity index (χ1) is 8.80. The fourth-order valence-electron chi connectivity index (χ4n) is 2.87. The van der Waals surface area contributed by atoms with Gasteiger partial charge in [-0.3, -0.25) is 4.99 Å². The maximum absolute atomic E-state index is 5.05. The summed E-state index contributed by atoms with van der Waals surface area (Å²) in [6.45, 7) is 5.56. The summed E-state index contributed by atoms with van der Waals surface area (Å²) in [7, 11) is 1.72. The minimum atomic E-state index is 0.559. The second-order valence-corrected chi connectivity index (χ2v) is 5.60. The van der Waals surface area contributed by atoms with Crippen molar-refractivity contribution < 1.29 is 4.74 Å². The third-order valence-electron chi connectivity index (χ3n) is 4.29. The Hall–Kier alpha value is -0.770. The predicted octanol–water partition coefficient (Wildman–Crippen LogP) is 1.77. The van der Waals surface area contributed by atoms with E-state index < -0.39 is 0 Å². The lowest BCUT2D eigenvalue weighted by atomic mass is 9.65. The minimum Gasteiger partial charge on any atom is -0.383 e.